The summed E-state index contributed by atoms with van der Waals surface area (Å²) in [5.74, 6) is 1.31. The third-order valence-corrected chi connectivity index (χ3v) is 5.10. The van der Waals surface area contributed by atoms with Crippen molar-refractivity contribution in [3.8, 4) is 5.75 Å². The molecule has 1 amide bonds. The lowest BCUT2D eigenvalue weighted by atomic mass is 10.2. The van der Waals surface area contributed by atoms with Gasteiger partial charge in [0.15, 0.2) is 0 Å². The summed E-state index contributed by atoms with van der Waals surface area (Å²) in [6, 6.07) is 6.93. The van der Waals surface area contributed by atoms with Gasteiger partial charge in [-0.3, -0.25) is 4.79 Å². The van der Waals surface area contributed by atoms with Crippen LogP contribution >= 0.6 is 23.2 Å². The highest BCUT2D eigenvalue weighted by molar-refractivity contribution is 6.42. The van der Waals surface area contributed by atoms with Gasteiger partial charge < -0.3 is 14.2 Å². The van der Waals surface area contributed by atoms with Gasteiger partial charge in [-0.1, -0.05) is 28.4 Å². The van der Waals surface area contributed by atoms with Gasteiger partial charge in [-0.15, -0.1) is 0 Å². The lowest BCUT2D eigenvalue weighted by molar-refractivity contribution is 0.0731. The Balaban J connectivity index is 1.38. The highest BCUT2D eigenvalue weighted by Gasteiger charge is 2.32. The SMILES string of the molecule is O=C(c1cc(C2CC2)no1)N1CCC(Oc2ccc(Cl)c(Cl)c2)C1. The molecular formula is C17H16Cl2N2O3. The highest BCUT2D eigenvalue weighted by atomic mass is 35.5. The minimum atomic E-state index is -0.130. The Morgan fingerprint density at radius 1 is 1.21 bits per heavy atom. The molecule has 1 unspecified atom stereocenters. The predicted molar refractivity (Wildman–Crippen MR) is 89.9 cm³/mol. The highest BCUT2D eigenvalue weighted by Crippen LogP contribution is 2.39. The van der Waals surface area contributed by atoms with Crippen LogP contribution < -0.4 is 4.74 Å². The molecule has 1 saturated heterocycles. The topological polar surface area (TPSA) is 55.6 Å². The van der Waals surface area contributed by atoms with Crippen LogP contribution in [0.1, 0.15) is 41.4 Å². The van der Waals surface area contributed by atoms with Crippen molar-refractivity contribution < 1.29 is 14.1 Å². The number of halogens is 2. The lowest BCUT2D eigenvalue weighted by Gasteiger charge is -2.16. The molecule has 7 heteroatoms. The number of rotatable bonds is 4. The van der Waals surface area contributed by atoms with Crippen molar-refractivity contribution in [1.29, 1.82) is 0 Å². The van der Waals surface area contributed by atoms with Gasteiger partial charge in [0.2, 0.25) is 5.76 Å². The molecule has 0 bridgehead atoms. The van der Waals surface area contributed by atoms with Gasteiger partial charge in [-0.05, 0) is 25.0 Å². The fourth-order valence-corrected chi connectivity index (χ4v) is 3.16. The first-order valence-electron chi connectivity index (χ1n) is 7.98. The summed E-state index contributed by atoms with van der Waals surface area (Å²) in [4.78, 5) is 14.2. The van der Waals surface area contributed by atoms with Gasteiger partial charge in [-0.25, -0.2) is 0 Å². The summed E-state index contributed by atoms with van der Waals surface area (Å²) >= 11 is 11.9. The van der Waals surface area contributed by atoms with Gasteiger partial charge in [0.25, 0.3) is 5.91 Å². The summed E-state index contributed by atoms with van der Waals surface area (Å²) < 4.78 is 11.1. The van der Waals surface area contributed by atoms with Crippen molar-refractivity contribution in [3.05, 3.63) is 45.8 Å². The molecule has 0 spiro atoms. The van der Waals surface area contributed by atoms with E-state index in [1.54, 1.807) is 29.2 Å². The molecule has 2 aromatic rings. The maximum atomic E-state index is 12.5. The van der Waals surface area contributed by atoms with Crippen LogP contribution in [-0.4, -0.2) is 35.2 Å². The van der Waals surface area contributed by atoms with Crippen molar-refractivity contribution >= 4 is 29.1 Å². The number of benzene rings is 1. The third-order valence-electron chi connectivity index (χ3n) is 4.36. The van der Waals surface area contributed by atoms with Crippen LogP contribution in [-0.2, 0) is 0 Å². The minimum Gasteiger partial charge on any atom is -0.488 e. The van der Waals surface area contributed by atoms with E-state index in [2.05, 4.69) is 5.16 Å². The number of hydrogen-bond donors (Lipinski definition) is 0. The Morgan fingerprint density at radius 2 is 2.04 bits per heavy atom. The normalized spacial score (nSPS) is 20.4. The maximum absolute atomic E-state index is 12.5. The molecule has 2 aliphatic rings. The van der Waals surface area contributed by atoms with Gasteiger partial charge in [0, 0.05) is 31.0 Å². The summed E-state index contributed by atoms with van der Waals surface area (Å²) in [6.45, 7) is 1.14. The average molecular weight is 367 g/mol. The van der Waals surface area contributed by atoms with Crippen molar-refractivity contribution in [2.75, 3.05) is 13.1 Å². The van der Waals surface area contributed by atoms with Crippen LogP contribution in [0.4, 0.5) is 0 Å². The van der Waals surface area contributed by atoms with E-state index in [-0.39, 0.29) is 12.0 Å². The second-order valence-electron chi connectivity index (χ2n) is 6.25. The van der Waals surface area contributed by atoms with E-state index < -0.39 is 0 Å². The molecule has 1 aliphatic carbocycles. The Labute approximate surface area is 149 Å². The first-order chi connectivity index (χ1) is 11.6. The van der Waals surface area contributed by atoms with E-state index >= 15 is 0 Å². The molecule has 126 valence electrons. The molecule has 0 N–H and O–H groups in total. The predicted octanol–water partition coefficient (Wildman–Crippen LogP) is 4.15. The molecule has 1 aliphatic heterocycles. The number of aromatic nitrogens is 1. The second-order valence-corrected chi connectivity index (χ2v) is 7.06. The van der Waals surface area contributed by atoms with E-state index in [0.29, 0.717) is 40.6 Å². The smallest absolute Gasteiger partial charge is 0.292 e. The molecule has 1 aromatic carbocycles. The molecule has 24 heavy (non-hydrogen) atoms. The van der Waals surface area contributed by atoms with Gasteiger partial charge in [-0.2, -0.15) is 0 Å². The van der Waals surface area contributed by atoms with E-state index in [9.17, 15) is 4.79 Å². The standard InChI is InChI=1S/C17H16Cl2N2O3/c18-13-4-3-11(7-14(13)19)23-12-5-6-21(9-12)17(22)16-8-15(20-24-16)10-1-2-10/h3-4,7-8,10,12H,1-2,5-6,9H2. The zero-order valence-electron chi connectivity index (χ0n) is 12.9. The van der Waals surface area contributed by atoms with Crippen molar-refractivity contribution in [1.82, 2.24) is 10.1 Å². The van der Waals surface area contributed by atoms with Gasteiger partial charge >= 0.3 is 0 Å². The minimum absolute atomic E-state index is 0.0722. The fourth-order valence-electron chi connectivity index (χ4n) is 2.87. The lowest BCUT2D eigenvalue weighted by Crippen LogP contribution is -2.30. The van der Waals surface area contributed by atoms with Crippen LogP contribution in [0.15, 0.2) is 28.8 Å². The number of ether oxygens (including phenoxy) is 1. The molecule has 4 rings (SSSR count). The Morgan fingerprint density at radius 3 is 2.79 bits per heavy atom. The summed E-state index contributed by atoms with van der Waals surface area (Å²) in [5.41, 5.74) is 0.890. The summed E-state index contributed by atoms with van der Waals surface area (Å²) in [6.07, 6.45) is 2.94. The molecule has 2 fully saturated rings. The first-order valence-corrected chi connectivity index (χ1v) is 8.73. The molecular weight excluding hydrogens is 351 g/mol. The Kier molecular flexibility index (Phi) is 4.14. The van der Waals surface area contributed by atoms with Gasteiger partial charge in [0.05, 0.1) is 22.3 Å². The van der Waals surface area contributed by atoms with Crippen molar-refractivity contribution in [2.45, 2.75) is 31.3 Å². The Bertz CT molecular complexity index is 773. The quantitative estimate of drug-likeness (QED) is 0.815. The van der Waals surface area contributed by atoms with Crippen LogP contribution in [0.25, 0.3) is 0 Å². The number of likely N-dealkylation sites (tertiary alicyclic amines) is 1. The number of nitrogens with zero attached hydrogens (tertiary/aromatic N) is 2. The van der Waals surface area contributed by atoms with Crippen LogP contribution in [0.5, 0.6) is 5.75 Å². The summed E-state index contributed by atoms with van der Waals surface area (Å²) in [5, 5.41) is 4.94. The zero-order chi connectivity index (χ0) is 16.7. The maximum Gasteiger partial charge on any atom is 0.292 e. The third kappa shape index (κ3) is 3.23. The van der Waals surface area contributed by atoms with E-state index in [4.69, 9.17) is 32.5 Å². The second kappa shape index (κ2) is 6.30. The first kappa shape index (κ1) is 15.8. The molecule has 1 saturated carbocycles. The zero-order valence-corrected chi connectivity index (χ0v) is 14.4. The van der Waals surface area contributed by atoms with Crippen LogP contribution in [0.3, 0.4) is 0 Å². The van der Waals surface area contributed by atoms with E-state index in [1.165, 1.54) is 0 Å². The van der Waals surface area contributed by atoms with Gasteiger partial charge in [0.1, 0.15) is 11.9 Å². The van der Waals surface area contributed by atoms with Crippen molar-refractivity contribution in [2.24, 2.45) is 0 Å². The fraction of sp³-hybridized carbons (Fsp3) is 0.412. The van der Waals surface area contributed by atoms with E-state index in [0.717, 1.165) is 25.0 Å². The molecule has 0 radical (unpaired) electrons. The number of hydrogen-bond acceptors (Lipinski definition) is 4. The molecule has 1 atom stereocenters. The monoisotopic (exact) mass is 366 g/mol. The molecule has 5 nitrogen and oxygen atoms in total. The van der Waals surface area contributed by atoms with Crippen molar-refractivity contribution in [3.63, 3.8) is 0 Å². The molecule has 1 aromatic heterocycles. The van der Waals surface area contributed by atoms with Crippen LogP contribution in [0, 0.1) is 0 Å². The summed E-state index contributed by atoms with van der Waals surface area (Å²) in [7, 11) is 0. The van der Waals surface area contributed by atoms with E-state index in [1.807, 2.05) is 0 Å². The van der Waals surface area contributed by atoms with Crippen LogP contribution in [0.2, 0.25) is 10.0 Å². The number of carbonyl (C=O) groups is 1. The molecule has 2 heterocycles. The average Bonchev–Trinajstić information content (AvgIpc) is 3.12. The number of carbonyl (C=O) groups excluding carboxylic acids is 1. The Hall–Kier alpha value is -1.72. The largest absolute Gasteiger partial charge is 0.488 e. The number of amides is 1.